The Balaban J connectivity index is 1.80. The summed E-state index contributed by atoms with van der Waals surface area (Å²) in [6, 6.07) is 7.54. The lowest BCUT2D eigenvalue weighted by Crippen LogP contribution is -2.21. The van der Waals surface area contributed by atoms with E-state index < -0.39 is 0 Å². The van der Waals surface area contributed by atoms with Gasteiger partial charge in [0.15, 0.2) is 5.82 Å². The van der Waals surface area contributed by atoms with Crippen LogP contribution >= 0.6 is 22.9 Å². The maximum atomic E-state index is 5.99. The molecule has 0 fully saturated rings. The second kappa shape index (κ2) is 5.52. The molecule has 3 heterocycles. The average Bonchev–Trinajstić information content (AvgIpc) is 3.11. The molecule has 19 heavy (non-hydrogen) atoms. The van der Waals surface area contributed by atoms with Crippen LogP contribution in [0.3, 0.4) is 0 Å². The van der Waals surface area contributed by atoms with Gasteiger partial charge in [-0.3, -0.25) is 5.32 Å². The topological polar surface area (TPSA) is 79.6 Å². The van der Waals surface area contributed by atoms with Gasteiger partial charge < -0.3 is 4.42 Å². The van der Waals surface area contributed by atoms with E-state index >= 15 is 0 Å². The standard InChI is InChI=1S/C11H10ClN5OS/c12-9-4-3-8(19-9)11(7-2-1-5-18-7)13-6-10-14-16-17-15-10/h1-5,11,13H,6H2,(H,14,15,16,17). The molecule has 6 nitrogen and oxygen atoms in total. The zero-order valence-electron chi connectivity index (χ0n) is 9.71. The second-order valence-corrected chi connectivity index (χ2v) is 5.55. The summed E-state index contributed by atoms with van der Waals surface area (Å²) in [6.45, 7) is 0.484. The van der Waals surface area contributed by atoms with Gasteiger partial charge in [0.2, 0.25) is 0 Å². The zero-order valence-corrected chi connectivity index (χ0v) is 11.3. The minimum atomic E-state index is -0.0778. The SMILES string of the molecule is Clc1ccc(C(NCc2nn[nH]n2)c2ccco2)s1. The summed E-state index contributed by atoms with van der Waals surface area (Å²) in [7, 11) is 0. The summed E-state index contributed by atoms with van der Waals surface area (Å²) in [5.74, 6) is 1.42. The van der Waals surface area contributed by atoms with E-state index in [0.717, 1.165) is 15.0 Å². The van der Waals surface area contributed by atoms with Gasteiger partial charge in [-0.05, 0) is 24.3 Å². The molecule has 0 saturated heterocycles. The normalized spacial score (nSPS) is 12.7. The fourth-order valence-corrected chi connectivity index (χ4v) is 2.88. The van der Waals surface area contributed by atoms with Crippen LogP contribution in [0.15, 0.2) is 34.9 Å². The van der Waals surface area contributed by atoms with Crippen molar-refractivity contribution in [3.05, 3.63) is 51.3 Å². The minimum Gasteiger partial charge on any atom is -0.467 e. The van der Waals surface area contributed by atoms with Crippen molar-refractivity contribution < 1.29 is 4.42 Å². The molecule has 0 saturated carbocycles. The lowest BCUT2D eigenvalue weighted by atomic mass is 10.2. The van der Waals surface area contributed by atoms with Crippen LogP contribution in [0.5, 0.6) is 0 Å². The molecule has 98 valence electrons. The van der Waals surface area contributed by atoms with Crippen molar-refractivity contribution >= 4 is 22.9 Å². The largest absolute Gasteiger partial charge is 0.467 e. The van der Waals surface area contributed by atoms with Gasteiger partial charge in [-0.15, -0.1) is 21.5 Å². The Bertz CT molecular complexity index is 621. The predicted molar refractivity (Wildman–Crippen MR) is 70.9 cm³/mol. The van der Waals surface area contributed by atoms with E-state index in [1.165, 1.54) is 11.3 Å². The Morgan fingerprint density at radius 3 is 3.00 bits per heavy atom. The van der Waals surface area contributed by atoms with E-state index in [2.05, 4.69) is 25.9 Å². The molecule has 0 aliphatic heterocycles. The van der Waals surface area contributed by atoms with Crippen LogP contribution in [0.4, 0.5) is 0 Å². The van der Waals surface area contributed by atoms with Crippen LogP contribution in [0.25, 0.3) is 0 Å². The van der Waals surface area contributed by atoms with E-state index in [9.17, 15) is 0 Å². The average molecular weight is 296 g/mol. The molecule has 0 aromatic carbocycles. The lowest BCUT2D eigenvalue weighted by molar-refractivity contribution is 0.446. The highest BCUT2D eigenvalue weighted by Gasteiger charge is 2.19. The Kier molecular flexibility index (Phi) is 3.58. The van der Waals surface area contributed by atoms with Crippen molar-refractivity contribution in [2.75, 3.05) is 0 Å². The number of aromatic nitrogens is 4. The Hall–Kier alpha value is -1.70. The van der Waals surface area contributed by atoms with Gasteiger partial charge in [-0.2, -0.15) is 5.21 Å². The summed E-state index contributed by atoms with van der Waals surface area (Å²) < 4.78 is 6.21. The number of furan rings is 1. The smallest absolute Gasteiger partial charge is 0.188 e. The predicted octanol–water partition coefficient (Wildman–Crippen LogP) is 2.39. The third kappa shape index (κ3) is 2.83. The number of rotatable bonds is 5. The number of H-pyrrole nitrogens is 1. The highest BCUT2D eigenvalue weighted by Crippen LogP contribution is 2.31. The summed E-state index contributed by atoms with van der Waals surface area (Å²) >= 11 is 7.50. The molecule has 1 atom stereocenters. The van der Waals surface area contributed by atoms with Gasteiger partial charge >= 0.3 is 0 Å². The van der Waals surface area contributed by atoms with Gasteiger partial charge in [-0.1, -0.05) is 16.8 Å². The van der Waals surface area contributed by atoms with E-state index in [4.69, 9.17) is 16.0 Å². The summed E-state index contributed by atoms with van der Waals surface area (Å²) in [5, 5.41) is 17.1. The number of halogens is 1. The number of nitrogens with zero attached hydrogens (tertiary/aromatic N) is 3. The third-order valence-corrected chi connectivity index (χ3v) is 3.86. The molecule has 8 heteroatoms. The first kappa shape index (κ1) is 12.3. The van der Waals surface area contributed by atoms with Gasteiger partial charge in [0.05, 0.1) is 17.1 Å². The number of hydrogen-bond donors (Lipinski definition) is 2. The summed E-state index contributed by atoms with van der Waals surface area (Å²) in [6.07, 6.45) is 1.65. The molecule has 3 aromatic heterocycles. The van der Waals surface area contributed by atoms with Crippen molar-refractivity contribution in [3.8, 4) is 0 Å². The summed E-state index contributed by atoms with van der Waals surface area (Å²) in [4.78, 5) is 1.07. The minimum absolute atomic E-state index is 0.0778. The van der Waals surface area contributed by atoms with Crippen LogP contribution in [0.1, 0.15) is 22.5 Å². The molecule has 0 bridgehead atoms. The maximum Gasteiger partial charge on any atom is 0.188 e. The van der Waals surface area contributed by atoms with Gasteiger partial charge in [-0.25, -0.2) is 0 Å². The maximum absolute atomic E-state index is 5.99. The highest BCUT2D eigenvalue weighted by atomic mass is 35.5. The molecule has 3 rings (SSSR count). The Morgan fingerprint density at radius 2 is 2.37 bits per heavy atom. The molecule has 0 aliphatic rings. The second-order valence-electron chi connectivity index (χ2n) is 3.80. The quantitative estimate of drug-likeness (QED) is 0.755. The van der Waals surface area contributed by atoms with E-state index in [1.807, 2.05) is 24.3 Å². The van der Waals surface area contributed by atoms with Crippen molar-refractivity contribution in [1.82, 2.24) is 25.9 Å². The summed E-state index contributed by atoms with van der Waals surface area (Å²) in [5.41, 5.74) is 0. The molecule has 0 radical (unpaired) electrons. The Morgan fingerprint density at radius 1 is 1.42 bits per heavy atom. The molecular formula is C11H10ClN5OS. The first-order chi connectivity index (χ1) is 9.33. The van der Waals surface area contributed by atoms with E-state index in [1.54, 1.807) is 6.26 Å². The monoisotopic (exact) mass is 295 g/mol. The Labute approximate surface area is 117 Å². The molecular weight excluding hydrogens is 286 g/mol. The van der Waals surface area contributed by atoms with Crippen molar-refractivity contribution in [2.24, 2.45) is 0 Å². The van der Waals surface area contributed by atoms with Gasteiger partial charge in [0.25, 0.3) is 0 Å². The van der Waals surface area contributed by atoms with Crippen molar-refractivity contribution in [2.45, 2.75) is 12.6 Å². The highest BCUT2D eigenvalue weighted by molar-refractivity contribution is 7.16. The number of aromatic amines is 1. The molecule has 0 aliphatic carbocycles. The number of hydrogen-bond acceptors (Lipinski definition) is 6. The van der Waals surface area contributed by atoms with Crippen LogP contribution < -0.4 is 5.32 Å². The van der Waals surface area contributed by atoms with Crippen molar-refractivity contribution in [1.29, 1.82) is 0 Å². The fraction of sp³-hybridized carbons (Fsp3) is 0.182. The fourth-order valence-electron chi connectivity index (χ4n) is 1.73. The lowest BCUT2D eigenvalue weighted by Gasteiger charge is -2.13. The van der Waals surface area contributed by atoms with Crippen LogP contribution in [-0.2, 0) is 6.54 Å². The number of tetrazole rings is 1. The number of nitrogens with one attached hydrogen (secondary N) is 2. The number of thiophene rings is 1. The van der Waals surface area contributed by atoms with E-state index in [0.29, 0.717) is 12.4 Å². The van der Waals surface area contributed by atoms with Gasteiger partial charge in [0, 0.05) is 4.88 Å². The van der Waals surface area contributed by atoms with Crippen molar-refractivity contribution in [3.63, 3.8) is 0 Å². The molecule has 3 aromatic rings. The molecule has 0 amide bonds. The van der Waals surface area contributed by atoms with Crippen LogP contribution in [-0.4, -0.2) is 20.6 Å². The van der Waals surface area contributed by atoms with Crippen LogP contribution in [0.2, 0.25) is 4.34 Å². The molecule has 0 spiro atoms. The first-order valence-corrected chi connectivity index (χ1v) is 6.77. The third-order valence-electron chi connectivity index (χ3n) is 2.56. The van der Waals surface area contributed by atoms with Gasteiger partial charge in [0.1, 0.15) is 11.8 Å². The van der Waals surface area contributed by atoms with E-state index in [-0.39, 0.29) is 6.04 Å². The zero-order chi connectivity index (χ0) is 13.1. The molecule has 1 unspecified atom stereocenters. The molecule has 2 N–H and O–H groups in total. The first-order valence-electron chi connectivity index (χ1n) is 5.57. The van der Waals surface area contributed by atoms with Crippen LogP contribution in [0, 0.1) is 0 Å².